The number of aromatic nitrogens is 2. The molecule has 0 aliphatic carbocycles. The summed E-state index contributed by atoms with van der Waals surface area (Å²) in [5.74, 6) is 0.973. The summed E-state index contributed by atoms with van der Waals surface area (Å²) in [6.07, 6.45) is 0. The van der Waals surface area contributed by atoms with Gasteiger partial charge in [-0.25, -0.2) is 14.4 Å². The first-order valence-corrected chi connectivity index (χ1v) is 5.51. The van der Waals surface area contributed by atoms with E-state index in [2.05, 4.69) is 15.3 Å². The van der Waals surface area contributed by atoms with Crippen LogP contribution in [0.25, 0.3) is 11.4 Å². The van der Waals surface area contributed by atoms with Crippen LogP contribution in [0.5, 0.6) is 5.75 Å². The standard InChI is InChI=1S/C13H14FN3O/c1-8-6-12(15-2)17-13(16-8)9-4-5-11(18-3)10(14)7-9/h4-7H,1-3H3,(H,15,16,17). The van der Waals surface area contributed by atoms with Crippen molar-refractivity contribution < 1.29 is 9.13 Å². The first-order chi connectivity index (χ1) is 8.63. The third-order valence-electron chi connectivity index (χ3n) is 2.52. The lowest BCUT2D eigenvalue weighted by Gasteiger charge is -2.07. The Bertz CT molecular complexity index is 572. The molecule has 0 radical (unpaired) electrons. The van der Waals surface area contributed by atoms with Crippen molar-refractivity contribution in [2.45, 2.75) is 6.92 Å². The summed E-state index contributed by atoms with van der Waals surface area (Å²) in [5.41, 5.74) is 1.44. The lowest BCUT2D eigenvalue weighted by atomic mass is 10.2. The zero-order valence-corrected chi connectivity index (χ0v) is 10.5. The van der Waals surface area contributed by atoms with E-state index in [9.17, 15) is 4.39 Å². The molecule has 0 aliphatic heterocycles. The van der Waals surface area contributed by atoms with Gasteiger partial charge in [-0.15, -0.1) is 0 Å². The van der Waals surface area contributed by atoms with Crippen molar-refractivity contribution >= 4 is 5.82 Å². The van der Waals surface area contributed by atoms with Gasteiger partial charge in [-0.2, -0.15) is 0 Å². The van der Waals surface area contributed by atoms with Gasteiger partial charge in [0.1, 0.15) is 5.82 Å². The maximum atomic E-state index is 13.6. The van der Waals surface area contributed by atoms with Gasteiger partial charge in [-0.1, -0.05) is 0 Å². The Hall–Kier alpha value is -2.17. The average molecular weight is 247 g/mol. The molecule has 0 amide bonds. The number of anilines is 1. The van der Waals surface area contributed by atoms with Crippen molar-refractivity contribution in [3.8, 4) is 17.1 Å². The predicted octanol–water partition coefficient (Wildman–Crippen LogP) is 2.64. The molecule has 0 atom stereocenters. The van der Waals surface area contributed by atoms with E-state index >= 15 is 0 Å². The third-order valence-corrected chi connectivity index (χ3v) is 2.52. The zero-order chi connectivity index (χ0) is 13.1. The molecule has 2 rings (SSSR count). The van der Waals surface area contributed by atoms with Gasteiger partial charge in [0, 0.05) is 24.4 Å². The van der Waals surface area contributed by atoms with Crippen LogP contribution in [0.3, 0.4) is 0 Å². The molecule has 94 valence electrons. The minimum Gasteiger partial charge on any atom is -0.494 e. The molecule has 4 nitrogen and oxygen atoms in total. The Balaban J connectivity index is 2.48. The Kier molecular flexibility index (Phi) is 3.41. The molecule has 1 N–H and O–H groups in total. The minimum absolute atomic E-state index is 0.209. The quantitative estimate of drug-likeness (QED) is 0.905. The number of ether oxygens (including phenoxy) is 1. The van der Waals surface area contributed by atoms with Crippen LogP contribution < -0.4 is 10.1 Å². The molecule has 0 aliphatic rings. The molecule has 0 bridgehead atoms. The van der Waals surface area contributed by atoms with Crippen molar-refractivity contribution in [1.29, 1.82) is 0 Å². The maximum Gasteiger partial charge on any atom is 0.165 e. The van der Waals surface area contributed by atoms with Crippen LogP contribution in [0.1, 0.15) is 5.69 Å². The Morgan fingerprint density at radius 2 is 2.00 bits per heavy atom. The van der Waals surface area contributed by atoms with Gasteiger partial charge in [0.15, 0.2) is 17.4 Å². The first kappa shape index (κ1) is 12.3. The number of rotatable bonds is 3. The zero-order valence-electron chi connectivity index (χ0n) is 10.5. The number of benzene rings is 1. The highest BCUT2D eigenvalue weighted by Crippen LogP contribution is 2.24. The summed E-state index contributed by atoms with van der Waals surface area (Å²) in [6, 6.07) is 6.49. The maximum absolute atomic E-state index is 13.6. The summed E-state index contributed by atoms with van der Waals surface area (Å²) in [4.78, 5) is 8.58. The van der Waals surface area contributed by atoms with Gasteiger partial charge in [0.25, 0.3) is 0 Å². The number of nitrogens with zero attached hydrogens (tertiary/aromatic N) is 2. The summed E-state index contributed by atoms with van der Waals surface area (Å²) < 4.78 is 18.5. The van der Waals surface area contributed by atoms with E-state index in [-0.39, 0.29) is 5.75 Å². The van der Waals surface area contributed by atoms with E-state index < -0.39 is 5.82 Å². The van der Waals surface area contributed by atoms with Gasteiger partial charge in [-0.3, -0.25) is 0 Å². The van der Waals surface area contributed by atoms with Gasteiger partial charge in [0.2, 0.25) is 0 Å². The largest absolute Gasteiger partial charge is 0.494 e. The topological polar surface area (TPSA) is 47.0 Å². The second-order valence-corrected chi connectivity index (χ2v) is 3.82. The molecule has 0 fully saturated rings. The first-order valence-electron chi connectivity index (χ1n) is 5.51. The van der Waals surface area contributed by atoms with Crippen LogP contribution in [0.15, 0.2) is 24.3 Å². The predicted molar refractivity (Wildman–Crippen MR) is 68.3 cm³/mol. The van der Waals surface area contributed by atoms with Crippen LogP contribution in [-0.2, 0) is 0 Å². The fourth-order valence-corrected chi connectivity index (χ4v) is 1.63. The molecule has 1 heterocycles. The molecule has 5 heteroatoms. The number of hydrogen-bond acceptors (Lipinski definition) is 4. The summed E-state index contributed by atoms with van der Waals surface area (Å²) in [6.45, 7) is 1.87. The minimum atomic E-state index is -0.425. The van der Waals surface area contributed by atoms with Crippen molar-refractivity contribution in [2.75, 3.05) is 19.5 Å². The summed E-state index contributed by atoms with van der Waals surface area (Å²) >= 11 is 0. The van der Waals surface area contributed by atoms with Crippen LogP contribution in [0, 0.1) is 12.7 Å². The van der Waals surface area contributed by atoms with E-state index in [1.165, 1.54) is 13.2 Å². The monoisotopic (exact) mass is 247 g/mol. The molecular formula is C13H14FN3O. The van der Waals surface area contributed by atoms with Crippen molar-refractivity contribution in [3.05, 3.63) is 35.8 Å². The van der Waals surface area contributed by atoms with Crippen LogP contribution in [-0.4, -0.2) is 24.1 Å². The van der Waals surface area contributed by atoms with E-state index in [0.717, 1.165) is 5.69 Å². The number of aryl methyl sites for hydroxylation is 1. The highest BCUT2D eigenvalue weighted by molar-refractivity contribution is 5.59. The second kappa shape index (κ2) is 5.00. The molecule has 0 unspecified atom stereocenters. The van der Waals surface area contributed by atoms with Gasteiger partial charge in [-0.05, 0) is 25.1 Å². The fraction of sp³-hybridized carbons (Fsp3) is 0.231. The van der Waals surface area contributed by atoms with Crippen molar-refractivity contribution in [3.63, 3.8) is 0 Å². The van der Waals surface area contributed by atoms with E-state index in [0.29, 0.717) is 17.2 Å². The number of nitrogens with one attached hydrogen (secondary N) is 1. The SMILES string of the molecule is CNc1cc(C)nc(-c2ccc(OC)c(F)c2)n1. The van der Waals surface area contributed by atoms with Crippen molar-refractivity contribution in [2.24, 2.45) is 0 Å². The molecule has 0 saturated carbocycles. The molecule has 2 aromatic rings. The second-order valence-electron chi connectivity index (χ2n) is 3.82. The van der Waals surface area contributed by atoms with Gasteiger partial charge < -0.3 is 10.1 Å². The fourth-order valence-electron chi connectivity index (χ4n) is 1.63. The normalized spacial score (nSPS) is 10.2. The molecule has 1 aromatic heterocycles. The van der Waals surface area contributed by atoms with Crippen LogP contribution in [0.4, 0.5) is 10.2 Å². The third kappa shape index (κ3) is 2.40. The lowest BCUT2D eigenvalue weighted by molar-refractivity contribution is 0.386. The Morgan fingerprint density at radius 3 is 2.61 bits per heavy atom. The smallest absolute Gasteiger partial charge is 0.165 e. The number of hydrogen-bond donors (Lipinski definition) is 1. The molecular weight excluding hydrogens is 233 g/mol. The highest BCUT2D eigenvalue weighted by atomic mass is 19.1. The number of methoxy groups -OCH3 is 1. The molecule has 1 aromatic carbocycles. The van der Waals surface area contributed by atoms with E-state index in [1.54, 1.807) is 19.2 Å². The van der Waals surface area contributed by atoms with Crippen LogP contribution in [0.2, 0.25) is 0 Å². The highest BCUT2D eigenvalue weighted by Gasteiger charge is 2.08. The summed E-state index contributed by atoms with van der Waals surface area (Å²) in [5, 5.41) is 2.95. The van der Waals surface area contributed by atoms with Crippen LogP contribution >= 0.6 is 0 Å². The van der Waals surface area contributed by atoms with Gasteiger partial charge >= 0.3 is 0 Å². The van der Waals surface area contributed by atoms with Gasteiger partial charge in [0.05, 0.1) is 7.11 Å². The molecule has 18 heavy (non-hydrogen) atoms. The van der Waals surface area contributed by atoms with E-state index in [1.807, 2.05) is 13.0 Å². The Labute approximate surface area is 105 Å². The average Bonchev–Trinajstić information content (AvgIpc) is 2.37. The summed E-state index contributed by atoms with van der Waals surface area (Å²) in [7, 11) is 3.21. The van der Waals surface area contributed by atoms with Crippen molar-refractivity contribution in [1.82, 2.24) is 9.97 Å². The molecule has 0 saturated heterocycles. The van der Waals surface area contributed by atoms with E-state index in [4.69, 9.17) is 4.74 Å². The Morgan fingerprint density at radius 1 is 1.22 bits per heavy atom. The number of halogens is 1. The molecule has 0 spiro atoms. The lowest BCUT2D eigenvalue weighted by Crippen LogP contribution is -1.99.